The highest BCUT2D eigenvalue weighted by Gasteiger charge is 2.35. The van der Waals surface area contributed by atoms with Gasteiger partial charge in [-0.15, -0.1) is 0 Å². The molecule has 37 heavy (non-hydrogen) atoms. The molecular weight excluding hydrogens is 491 g/mol. The third-order valence-electron chi connectivity index (χ3n) is 7.12. The van der Waals surface area contributed by atoms with Crippen molar-refractivity contribution < 1.29 is 14.3 Å². The Bertz CT molecular complexity index is 1370. The number of aryl methyl sites for hydroxylation is 2. The van der Waals surface area contributed by atoms with Crippen LogP contribution in [0.25, 0.3) is 11.1 Å². The number of anilines is 1. The molecule has 1 unspecified atom stereocenters. The molecule has 0 aliphatic carbocycles. The van der Waals surface area contributed by atoms with Gasteiger partial charge in [0.1, 0.15) is 6.04 Å². The molecule has 192 valence electrons. The number of rotatable bonds is 5. The van der Waals surface area contributed by atoms with E-state index in [4.69, 9.17) is 16.6 Å². The van der Waals surface area contributed by atoms with Gasteiger partial charge in [-0.2, -0.15) is 0 Å². The number of halogens is 2. The van der Waals surface area contributed by atoms with Gasteiger partial charge in [-0.05, 0) is 98.0 Å². The van der Waals surface area contributed by atoms with Crippen molar-refractivity contribution in [3.05, 3.63) is 76.1 Å². The minimum atomic E-state index is -0.694. The second-order valence-electron chi connectivity index (χ2n) is 9.95. The standard InChI is InChI=1S/C29H30ClFN4O2/c1-17-9-20(30)13-22(10-17)35-16-33-26-11-18(2)23(19-6-7-27(36)25(31)12-19)14-24(26)28(35)29(37)34(3)15-21-5-4-8-32-21/h6-7,9-14,16,21,28,32,36H,4-5,8,15H2,1-3H3/t21-,28?/m0/s1. The summed E-state index contributed by atoms with van der Waals surface area (Å²) < 4.78 is 14.2. The molecule has 2 aliphatic heterocycles. The minimum absolute atomic E-state index is 0.0644. The van der Waals surface area contributed by atoms with Crippen LogP contribution < -0.4 is 10.2 Å². The molecule has 0 radical (unpaired) electrons. The quantitative estimate of drug-likeness (QED) is 0.439. The number of fused-ring (bicyclic) bond motifs is 1. The van der Waals surface area contributed by atoms with Crippen LogP contribution >= 0.6 is 11.6 Å². The van der Waals surface area contributed by atoms with Crippen LogP contribution in [-0.4, -0.2) is 48.4 Å². The fraction of sp³-hybridized carbons (Fsp3) is 0.310. The number of benzene rings is 3. The Morgan fingerprint density at radius 3 is 2.73 bits per heavy atom. The third kappa shape index (κ3) is 5.06. The van der Waals surface area contributed by atoms with E-state index < -0.39 is 17.6 Å². The molecule has 1 amide bonds. The first kappa shape index (κ1) is 25.2. The van der Waals surface area contributed by atoms with Gasteiger partial charge in [-0.3, -0.25) is 4.79 Å². The summed E-state index contributed by atoms with van der Waals surface area (Å²) in [6, 6.07) is 13.4. The predicted octanol–water partition coefficient (Wildman–Crippen LogP) is 5.90. The van der Waals surface area contributed by atoms with E-state index in [1.165, 1.54) is 12.1 Å². The summed E-state index contributed by atoms with van der Waals surface area (Å²) in [6.07, 6.45) is 3.83. The fourth-order valence-corrected chi connectivity index (χ4v) is 5.53. The number of nitrogens with one attached hydrogen (secondary N) is 1. The summed E-state index contributed by atoms with van der Waals surface area (Å²) in [5.74, 6) is -1.16. The number of carbonyl (C=O) groups is 1. The molecule has 6 nitrogen and oxygen atoms in total. The molecule has 3 aromatic carbocycles. The molecule has 2 heterocycles. The van der Waals surface area contributed by atoms with Crippen LogP contribution in [0.2, 0.25) is 5.02 Å². The molecule has 2 aliphatic rings. The van der Waals surface area contributed by atoms with Crippen molar-refractivity contribution in [2.24, 2.45) is 4.99 Å². The van der Waals surface area contributed by atoms with Crippen LogP contribution in [0.15, 0.2) is 53.5 Å². The van der Waals surface area contributed by atoms with Crippen LogP contribution in [-0.2, 0) is 4.79 Å². The van der Waals surface area contributed by atoms with Gasteiger partial charge in [-0.1, -0.05) is 17.7 Å². The number of hydrogen-bond acceptors (Lipinski definition) is 5. The van der Waals surface area contributed by atoms with E-state index in [2.05, 4.69) is 5.32 Å². The number of nitrogens with zero attached hydrogens (tertiary/aromatic N) is 3. The summed E-state index contributed by atoms with van der Waals surface area (Å²) in [5.41, 5.74) is 5.44. The topological polar surface area (TPSA) is 68.2 Å². The first-order valence-corrected chi connectivity index (χ1v) is 12.8. The lowest BCUT2D eigenvalue weighted by Crippen LogP contribution is -2.46. The van der Waals surface area contributed by atoms with E-state index in [0.29, 0.717) is 22.8 Å². The SMILES string of the molecule is Cc1cc(Cl)cc(N2C=Nc3cc(C)c(-c4ccc(O)c(F)c4)cc3C2C(=O)N(C)C[C@@H]2CCCN2)c1. The summed E-state index contributed by atoms with van der Waals surface area (Å²) in [4.78, 5) is 22.4. The molecule has 0 bridgehead atoms. The molecule has 8 heteroatoms. The Hall–Kier alpha value is -3.42. The van der Waals surface area contributed by atoms with E-state index >= 15 is 0 Å². The van der Waals surface area contributed by atoms with Crippen molar-refractivity contribution in [1.29, 1.82) is 0 Å². The highest BCUT2D eigenvalue weighted by Crippen LogP contribution is 2.42. The highest BCUT2D eigenvalue weighted by atomic mass is 35.5. The number of phenols is 1. The van der Waals surface area contributed by atoms with Crippen LogP contribution in [0.5, 0.6) is 5.75 Å². The second kappa shape index (κ2) is 10.1. The summed E-state index contributed by atoms with van der Waals surface area (Å²) in [5, 5.41) is 13.7. The van der Waals surface area contributed by atoms with E-state index in [9.17, 15) is 14.3 Å². The predicted molar refractivity (Wildman–Crippen MR) is 146 cm³/mol. The average Bonchev–Trinajstić information content (AvgIpc) is 3.36. The minimum Gasteiger partial charge on any atom is -0.505 e. The Labute approximate surface area is 221 Å². The Balaban J connectivity index is 1.62. The van der Waals surface area contributed by atoms with Gasteiger partial charge in [0.05, 0.1) is 12.0 Å². The maximum absolute atomic E-state index is 14.2. The monoisotopic (exact) mass is 520 g/mol. The van der Waals surface area contributed by atoms with Crippen molar-refractivity contribution in [3.63, 3.8) is 0 Å². The van der Waals surface area contributed by atoms with E-state index in [0.717, 1.165) is 47.3 Å². The third-order valence-corrected chi connectivity index (χ3v) is 7.34. The Morgan fingerprint density at radius 2 is 2.03 bits per heavy atom. The van der Waals surface area contributed by atoms with Gasteiger partial charge in [-0.25, -0.2) is 9.38 Å². The number of amides is 1. The maximum atomic E-state index is 14.2. The number of likely N-dealkylation sites (N-methyl/N-ethyl adjacent to an activating group) is 1. The fourth-order valence-electron chi connectivity index (χ4n) is 5.24. The van der Waals surface area contributed by atoms with Crippen LogP contribution in [0, 0.1) is 19.7 Å². The van der Waals surface area contributed by atoms with E-state index in [-0.39, 0.29) is 11.9 Å². The Morgan fingerprint density at radius 1 is 1.22 bits per heavy atom. The van der Waals surface area contributed by atoms with Crippen molar-refractivity contribution in [3.8, 4) is 16.9 Å². The van der Waals surface area contributed by atoms with Gasteiger partial charge in [0.2, 0.25) is 5.91 Å². The molecule has 3 aromatic rings. The zero-order chi connectivity index (χ0) is 26.3. The number of aliphatic imine (C=N–C) groups is 1. The van der Waals surface area contributed by atoms with Crippen molar-refractivity contribution in [1.82, 2.24) is 10.2 Å². The number of aromatic hydroxyl groups is 1. The summed E-state index contributed by atoms with van der Waals surface area (Å²) >= 11 is 6.40. The summed E-state index contributed by atoms with van der Waals surface area (Å²) in [6.45, 7) is 5.45. The van der Waals surface area contributed by atoms with Gasteiger partial charge < -0.3 is 20.2 Å². The van der Waals surface area contributed by atoms with Gasteiger partial charge >= 0.3 is 0 Å². The van der Waals surface area contributed by atoms with Crippen LogP contribution in [0.3, 0.4) is 0 Å². The molecule has 0 spiro atoms. The highest BCUT2D eigenvalue weighted by molar-refractivity contribution is 6.31. The number of hydrogen-bond donors (Lipinski definition) is 2. The molecule has 1 fully saturated rings. The van der Waals surface area contributed by atoms with Crippen LogP contribution in [0.1, 0.15) is 35.6 Å². The van der Waals surface area contributed by atoms with Crippen molar-refractivity contribution >= 4 is 35.2 Å². The molecule has 0 saturated carbocycles. The van der Waals surface area contributed by atoms with Gasteiger partial charge in [0.15, 0.2) is 11.6 Å². The lowest BCUT2D eigenvalue weighted by Gasteiger charge is -2.36. The number of carbonyl (C=O) groups excluding carboxylic acids is 1. The van der Waals surface area contributed by atoms with Gasteiger partial charge in [0, 0.05) is 35.9 Å². The number of phenolic OH excluding ortho intramolecular Hbond substituents is 1. The largest absolute Gasteiger partial charge is 0.505 e. The molecule has 2 N–H and O–H groups in total. The molecule has 5 rings (SSSR count). The maximum Gasteiger partial charge on any atom is 0.250 e. The van der Waals surface area contributed by atoms with E-state index in [1.807, 2.05) is 56.1 Å². The average molecular weight is 521 g/mol. The van der Waals surface area contributed by atoms with E-state index in [1.54, 1.807) is 17.3 Å². The first-order valence-electron chi connectivity index (χ1n) is 12.4. The van der Waals surface area contributed by atoms with Crippen molar-refractivity contribution in [2.45, 2.75) is 38.8 Å². The molecule has 1 saturated heterocycles. The first-order chi connectivity index (χ1) is 17.7. The molecule has 2 atom stereocenters. The zero-order valence-corrected chi connectivity index (χ0v) is 21.9. The molecular formula is C29H30ClFN4O2. The van der Waals surface area contributed by atoms with Gasteiger partial charge in [0.25, 0.3) is 0 Å². The summed E-state index contributed by atoms with van der Waals surface area (Å²) in [7, 11) is 1.83. The lowest BCUT2D eigenvalue weighted by atomic mass is 9.91. The Kier molecular flexibility index (Phi) is 6.92. The van der Waals surface area contributed by atoms with Crippen LogP contribution in [0.4, 0.5) is 15.8 Å². The second-order valence-corrected chi connectivity index (χ2v) is 10.4. The normalized spacial score (nSPS) is 18.7. The zero-order valence-electron chi connectivity index (χ0n) is 21.1. The smallest absolute Gasteiger partial charge is 0.250 e. The lowest BCUT2D eigenvalue weighted by molar-refractivity contribution is -0.131. The van der Waals surface area contributed by atoms with Crippen molar-refractivity contribution in [2.75, 3.05) is 25.0 Å². The molecule has 0 aromatic heterocycles.